The summed E-state index contributed by atoms with van der Waals surface area (Å²) in [6.45, 7) is 0. The van der Waals surface area contributed by atoms with Crippen molar-refractivity contribution < 1.29 is 9.53 Å². The van der Waals surface area contributed by atoms with Crippen LogP contribution in [0.15, 0.2) is 24.3 Å². The molecule has 1 amide bonds. The van der Waals surface area contributed by atoms with E-state index in [2.05, 4.69) is 19.0 Å². The number of amides is 1. The molecule has 0 radical (unpaired) electrons. The Labute approximate surface area is 127 Å². The summed E-state index contributed by atoms with van der Waals surface area (Å²) in [7, 11) is 7.77. The van der Waals surface area contributed by atoms with Gasteiger partial charge in [0.1, 0.15) is 5.75 Å². The SMILES string of the molecule is COc1ccc(C(=O)N(C)[C@@H]2CCCC[C@H]2N(C)C)cc1. The molecule has 1 saturated carbocycles. The van der Waals surface area contributed by atoms with Gasteiger partial charge in [-0.05, 0) is 51.2 Å². The lowest BCUT2D eigenvalue weighted by Gasteiger charge is -2.41. The van der Waals surface area contributed by atoms with E-state index in [0.717, 1.165) is 24.2 Å². The number of methoxy groups -OCH3 is 1. The van der Waals surface area contributed by atoms with Gasteiger partial charge in [-0.15, -0.1) is 0 Å². The molecule has 116 valence electrons. The molecule has 1 aromatic rings. The lowest BCUT2D eigenvalue weighted by molar-refractivity contribution is 0.0544. The van der Waals surface area contributed by atoms with E-state index in [1.807, 2.05) is 36.2 Å². The highest BCUT2D eigenvalue weighted by atomic mass is 16.5. The van der Waals surface area contributed by atoms with E-state index < -0.39 is 0 Å². The molecule has 1 aromatic carbocycles. The zero-order valence-electron chi connectivity index (χ0n) is 13.5. The molecule has 0 aromatic heterocycles. The van der Waals surface area contributed by atoms with Crippen molar-refractivity contribution in [1.82, 2.24) is 9.80 Å². The molecule has 2 rings (SSSR count). The van der Waals surface area contributed by atoms with Gasteiger partial charge < -0.3 is 14.5 Å². The van der Waals surface area contributed by atoms with Crippen LogP contribution >= 0.6 is 0 Å². The first-order chi connectivity index (χ1) is 10.0. The molecule has 1 aliphatic carbocycles. The Morgan fingerprint density at radius 1 is 1.05 bits per heavy atom. The van der Waals surface area contributed by atoms with Crippen molar-refractivity contribution in [2.75, 3.05) is 28.3 Å². The van der Waals surface area contributed by atoms with E-state index in [4.69, 9.17) is 4.74 Å². The summed E-state index contributed by atoms with van der Waals surface area (Å²) in [6, 6.07) is 8.10. The minimum atomic E-state index is 0.0939. The maximum atomic E-state index is 12.7. The summed E-state index contributed by atoms with van der Waals surface area (Å²) in [5.74, 6) is 0.870. The summed E-state index contributed by atoms with van der Waals surface area (Å²) in [5.41, 5.74) is 0.723. The summed E-state index contributed by atoms with van der Waals surface area (Å²) >= 11 is 0. The summed E-state index contributed by atoms with van der Waals surface area (Å²) in [6.07, 6.45) is 4.71. The van der Waals surface area contributed by atoms with E-state index in [1.54, 1.807) is 7.11 Å². The minimum absolute atomic E-state index is 0.0939. The molecule has 4 nitrogen and oxygen atoms in total. The third kappa shape index (κ3) is 3.56. The first kappa shape index (κ1) is 15.8. The third-order valence-corrected chi connectivity index (χ3v) is 4.51. The summed E-state index contributed by atoms with van der Waals surface area (Å²) in [4.78, 5) is 16.9. The van der Waals surface area contributed by atoms with Crippen LogP contribution in [-0.4, -0.2) is 56.0 Å². The molecule has 0 spiro atoms. The fraction of sp³-hybridized carbons (Fsp3) is 0.588. The lowest BCUT2D eigenvalue weighted by atomic mass is 9.88. The quantitative estimate of drug-likeness (QED) is 0.854. The van der Waals surface area contributed by atoms with Crippen LogP contribution < -0.4 is 4.74 Å². The normalized spacial score (nSPS) is 22.1. The van der Waals surface area contributed by atoms with Crippen LogP contribution in [0.2, 0.25) is 0 Å². The number of rotatable bonds is 4. The Morgan fingerprint density at radius 2 is 1.62 bits per heavy atom. The minimum Gasteiger partial charge on any atom is -0.497 e. The van der Waals surface area contributed by atoms with Gasteiger partial charge in [0.15, 0.2) is 0 Å². The molecule has 1 aliphatic rings. The number of benzene rings is 1. The zero-order valence-corrected chi connectivity index (χ0v) is 13.5. The molecule has 2 atom stereocenters. The molecule has 21 heavy (non-hydrogen) atoms. The third-order valence-electron chi connectivity index (χ3n) is 4.51. The maximum absolute atomic E-state index is 12.7. The van der Waals surface area contributed by atoms with Gasteiger partial charge in [-0.1, -0.05) is 12.8 Å². The predicted octanol–water partition coefficient (Wildman–Crippen LogP) is 2.64. The number of carbonyl (C=O) groups is 1. The second-order valence-electron chi connectivity index (χ2n) is 6.03. The average Bonchev–Trinajstić information content (AvgIpc) is 2.53. The van der Waals surface area contributed by atoms with Crippen LogP contribution in [0.4, 0.5) is 0 Å². The monoisotopic (exact) mass is 290 g/mol. The van der Waals surface area contributed by atoms with Gasteiger partial charge in [-0.3, -0.25) is 4.79 Å². The number of nitrogens with zero attached hydrogens (tertiary/aromatic N) is 2. The highest BCUT2D eigenvalue weighted by Crippen LogP contribution is 2.26. The number of carbonyl (C=O) groups excluding carboxylic acids is 1. The molecule has 1 fully saturated rings. The Hall–Kier alpha value is -1.55. The highest BCUT2D eigenvalue weighted by Gasteiger charge is 2.32. The van der Waals surface area contributed by atoms with Gasteiger partial charge >= 0.3 is 0 Å². The average molecular weight is 290 g/mol. The van der Waals surface area contributed by atoms with Crippen LogP contribution in [-0.2, 0) is 0 Å². The zero-order chi connectivity index (χ0) is 15.4. The van der Waals surface area contributed by atoms with Crippen LogP contribution in [0, 0.1) is 0 Å². The largest absolute Gasteiger partial charge is 0.497 e. The Bertz CT molecular complexity index is 470. The second kappa shape index (κ2) is 6.94. The van der Waals surface area contributed by atoms with Crippen molar-refractivity contribution in [2.45, 2.75) is 37.8 Å². The standard InChI is InChI=1S/C17H26N2O2/c1-18(2)15-7-5-6-8-16(15)19(3)17(20)13-9-11-14(21-4)12-10-13/h9-12,15-16H,5-8H2,1-4H3/t15-,16-/m1/s1. The highest BCUT2D eigenvalue weighted by molar-refractivity contribution is 5.94. The van der Waals surface area contributed by atoms with Gasteiger partial charge in [0, 0.05) is 24.7 Å². The molecule has 4 heteroatoms. The van der Waals surface area contributed by atoms with Crippen LogP contribution in [0.1, 0.15) is 36.0 Å². The number of hydrogen-bond donors (Lipinski definition) is 0. The number of ether oxygens (including phenoxy) is 1. The van der Waals surface area contributed by atoms with Crippen molar-refractivity contribution in [2.24, 2.45) is 0 Å². The van der Waals surface area contributed by atoms with Crippen LogP contribution in [0.25, 0.3) is 0 Å². The second-order valence-corrected chi connectivity index (χ2v) is 6.03. The smallest absolute Gasteiger partial charge is 0.253 e. The molecule has 0 N–H and O–H groups in total. The van der Waals surface area contributed by atoms with E-state index in [-0.39, 0.29) is 5.91 Å². The topological polar surface area (TPSA) is 32.8 Å². The van der Waals surface area contributed by atoms with Gasteiger partial charge in [-0.2, -0.15) is 0 Å². The van der Waals surface area contributed by atoms with Gasteiger partial charge in [0.25, 0.3) is 5.91 Å². The summed E-state index contributed by atoms with van der Waals surface area (Å²) in [5, 5.41) is 0. The van der Waals surface area contributed by atoms with Crippen molar-refractivity contribution in [3.8, 4) is 5.75 Å². The van der Waals surface area contributed by atoms with Crippen molar-refractivity contribution in [1.29, 1.82) is 0 Å². The van der Waals surface area contributed by atoms with Crippen LogP contribution in [0.3, 0.4) is 0 Å². The predicted molar refractivity (Wildman–Crippen MR) is 84.8 cm³/mol. The molecule has 0 bridgehead atoms. The molecule has 0 unspecified atom stereocenters. The van der Waals surface area contributed by atoms with E-state index in [9.17, 15) is 4.79 Å². The number of likely N-dealkylation sites (N-methyl/N-ethyl adjacent to an activating group) is 2. The summed E-state index contributed by atoms with van der Waals surface area (Å²) < 4.78 is 5.14. The first-order valence-corrected chi connectivity index (χ1v) is 7.62. The Morgan fingerprint density at radius 3 is 2.14 bits per heavy atom. The van der Waals surface area contributed by atoms with Gasteiger partial charge in [0.05, 0.1) is 7.11 Å². The maximum Gasteiger partial charge on any atom is 0.253 e. The fourth-order valence-electron chi connectivity index (χ4n) is 3.23. The number of hydrogen-bond acceptors (Lipinski definition) is 3. The molecule has 0 aliphatic heterocycles. The van der Waals surface area contributed by atoms with Crippen molar-refractivity contribution in [3.05, 3.63) is 29.8 Å². The Kier molecular flexibility index (Phi) is 5.23. The lowest BCUT2D eigenvalue weighted by Crippen LogP contribution is -2.51. The van der Waals surface area contributed by atoms with Crippen LogP contribution in [0.5, 0.6) is 5.75 Å². The molecule has 0 saturated heterocycles. The van der Waals surface area contributed by atoms with Crippen molar-refractivity contribution >= 4 is 5.91 Å². The van der Waals surface area contributed by atoms with Gasteiger partial charge in [-0.25, -0.2) is 0 Å². The molecular weight excluding hydrogens is 264 g/mol. The van der Waals surface area contributed by atoms with E-state index in [0.29, 0.717) is 12.1 Å². The molecule has 0 heterocycles. The van der Waals surface area contributed by atoms with Crippen molar-refractivity contribution in [3.63, 3.8) is 0 Å². The fourth-order valence-corrected chi connectivity index (χ4v) is 3.23. The van der Waals surface area contributed by atoms with Gasteiger partial charge in [0.2, 0.25) is 0 Å². The van der Waals surface area contributed by atoms with E-state index in [1.165, 1.54) is 12.8 Å². The first-order valence-electron chi connectivity index (χ1n) is 7.62. The Balaban J connectivity index is 2.12. The molecular formula is C17H26N2O2. The van der Waals surface area contributed by atoms with E-state index >= 15 is 0 Å².